The minimum atomic E-state index is -4.93. The van der Waals surface area contributed by atoms with E-state index in [0.717, 1.165) is 12.1 Å². The van der Waals surface area contributed by atoms with Crippen LogP contribution in [0.15, 0.2) is 24.3 Å². The molecule has 0 fully saturated rings. The van der Waals surface area contributed by atoms with E-state index in [2.05, 4.69) is 0 Å². The Kier molecular flexibility index (Phi) is 12.2. The predicted octanol–water partition coefficient (Wildman–Crippen LogP) is -6.63. The molecule has 7 heteroatoms. The second-order valence-corrected chi connectivity index (χ2v) is 3.43. The van der Waals surface area contributed by atoms with Gasteiger partial charge in [0.25, 0.3) is 0 Å². The van der Waals surface area contributed by atoms with Gasteiger partial charge < -0.3 is 14.4 Å². The van der Waals surface area contributed by atoms with E-state index in [1.807, 2.05) is 0 Å². The molecule has 0 aliphatic heterocycles. The third kappa shape index (κ3) is 6.65. The van der Waals surface area contributed by atoms with Crippen molar-refractivity contribution in [3.63, 3.8) is 0 Å². The van der Waals surface area contributed by atoms with Crippen LogP contribution < -0.4 is 153 Å². The second-order valence-electron chi connectivity index (χ2n) is 1.95. The topological polar surface area (TPSA) is 63.2 Å². The maximum absolute atomic E-state index is 12.5. The number of rotatable bonds is 1. The van der Waals surface area contributed by atoms with Crippen molar-refractivity contribution < 1.29 is 157 Å². The summed E-state index contributed by atoms with van der Waals surface area (Å²) in [5, 5.41) is -0.778. The minimum absolute atomic E-state index is 0. The number of hydrogen-bond acceptors (Lipinski definition) is 3. The normalized spacial score (nSPS) is 9.77. The summed E-state index contributed by atoms with van der Waals surface area (Å²) in [5.74, 6) is -0.999. The van der Waals surface area contributed by atoms with Crippen LogP contribution in [0.2, 0.25) is 0 Å². The number of benzene rings is 1. The molecule has 0 amide bonds. The van der Waals surface area contributed by atoms with Gasteiger partial charge >= 0.3 is 138 Å². The Bertz CT molecular complexity index is 315. The van der Waals surface area contributed by atoms with E-state index in [9.17, 15) is 18.7 Å². The molecule has 0 aliphatic rings. The van der Waals surface area contributed by atoms with Crippen molar-refractivity contribution in [2.45, 2.75) is 0 Å². The Hall–Kier alpha value is 3.40. The molecule has 0 aromatic heterocycles. The van der Waals surface area contributed by atoms with E-state index in [1.165, 1.54) is 12.1 Å². The van der Waals surface area contributed by atoms with E-state index in [1.54, 1.807) is 0 Å². The van der Waals surface area contributed by atoms with Gasteiger partial charge in [-0.15, -0.1) is 0 Å². The van der Waals surface area contributed by atoms with Crippen LogP contribution in [0.25, 0.3) is 0 Å². The zero-order chi connectivity index (χ0) is 8.48. The SMILES string of the molecule is O=P([O-])([O-])c1ccccc1F.[Cs+].[Cs+]. The van der Waals surface area contributed by atoms with Crippen molar-refractivity contribution in [3.05, 3.63) is 30.1 Å². The van der Waals surface area contributed by atoms with Crippen molar-refractivity contribution in [3.8, 4) is 0 Å². The summed E-state index contributed by atoms with van der Waals surface area (Å²) in [4.78, 5) is 20.6. The molecule has 60 valence electrons. The Morgan fingerprint density at radius 2 is 1.62 bits per heavy atom. The van der Waals surface area contributed by atoms with Crippen LogP contribution in [0, 0.1) is 5.82 Å². The molecule has 0 heterocycles. The van der Waals surface area contributed by atoms with Crippen molar-refractivity contribution >= 4 is 12.9 Å². The third-order valence-electron chi connectivity index (χ3n) is 1.15. The molecule has 0 aliphatic carbocycles. The Morgan fingerprint density at radius 1 is 1.15 bits per heavy atom. The van der Waals surface area contributed by atoms with Gasteiger partial charge in [-0.25, -0.2) is 4.39 Å². The molecule has 13 heavy (non-hydrogen) atoms. The fraction of sp³-hybridized carbons (Fsp3) is 0. The van der Waals surface area contributed by atoms with Crippen molar-refractivity contribution in [2.75, 3.05) is 0 Å². The van der Waals surface area contributed by atoms with Gasteiger partial charge in [0, 0.05) is 5.30 Å². The number of halogens is 1. The molecule has 1 rings (SSSR count). The Balaban J connectivity index is 0. The summed E-state index contributed by atoms with van der Waals surface area (Å²) >= 11 is 0. The van der Waals surface area contributed by atoms with Crippen LogP contribution in [0.5, 0.6) is 0 Å². The van der Waals surface area contributed by atoms with Crippen molar-refractivity contribution in [1.29, 1.82) is 0 Å². The smallest absolute Gasteiger partial charge is 0.807 e. The van der Waals surface area contributed by atoms with Gasteiger partial charge in [-0.3, -0.25) is 0 Å². The van der Waals surface area contributed by atoms with Gasteiger partial charge in [0.1, 0.15) is 5.82 Å². The van der Waals surface area contributed by atoms with E-state index in [-0.39, 0.29) is 138 Å². The minimum Gasteiger partial charge on any atom is -0.807 e. The molecule has 1 aromatic carbocycles. The standard InChI is InChI=1S/C6H6FO3P.2Cs/c7-5-3-1-2-4-6(5)11(8,9)10;;/h1-4H,(H2,8,9,10);;/q;2*+1/p-2. The summed E-state index contributed by atoms with van der Waals surface area (Å²) in [5.41, 5.74) is 0. The average molecular weight is 440 g/mol. The molecular formula is C6H4Cs2FO3P. The van der Waals surface area contributed by atoms with Gasteiger partial charge in [0.2, 0.25) is 0 Å². The Labute approximate surface area is 193 Å². The fourth-order valence-electron chi connectivity index (χ4n) is 0.674. The molecule has 0 saturated carbocycles. The first-order valence-electron chi connectivity index (χ1n) is 2.79. The molecule has 0 saturated heterocycles. The first-order valence-corrected chi connectivity index (χ1v) is 4.33. The molecule has 0 N–H and O–H groups in total. The molecule has 0 unspecified atom stereocenters. The van der Waals surface area contributed by atoms with Crippen molar-refractivity contribution in [1.82, 2.24) is 0 Å². The molecule has 0 atom stereocenters. The summed E-state index contributed by atoms with van der Waals surface area (Å²) in [6.45, 7) is 0. The molecule has 0 radical (unpaired) electrons. The van der Waals surface area contributed by atoms with E-state index >= 15 is 0 Å². The van der Waals surface area contributed by atoms with Gasteiger partial charge in [-0.1, -0.05) is 18.2 Å². The summed E-state index contributed by atoms with van der Waals surface area (Å²) in [7, 11) is -4.93. The van der Waals surface area contributed by atoms with Crippen LogP contribution in [-0.4, -0.2) is 0 Å². The van der Waals surface area contributed by atoms with E-state index in [0.29, 0.717) is 0 Å². The molecular weight excluding hydrogens is 436 g/mol. The third-order valence-corrected chi connectivity index (χ3v) is 2.10. The maximum Gasteiger partial charge on any atom is 1.00 e. The first-order chi connectivity index (χ1) is 5.02. The van der Waals surface area contributed by atoms with Crippen LogP contribution in [0.3, 0.4) is 0 Å². The van der Waals surface area contributed by atoms with E-state index < -0.39 is 18.7 Å². The van der Waals surface area contributed by atoms with Gasteiger partial charge in [0.05, 0.1) is 0 Å². The second kappa shape index (κ2) is 8.49. The zero-order valence-corrected chi connectivity index (χ0v) is 20.8. The molecule has 0 spiro atoms. The maximum atomic E-state index is 12.5. The molecule has 1 aromatic rings. The fourth-order valence-corrected chi connectivity index (χ4v) is 1.28. The van der Waals surface area contributed by atoms with Crippen LogP contribution >= 0.6 is 7.60 Å². The van der Waals surface area contributed by atoms with Crippen LogP contribution in [0.4, 0.5) is 4.39 Å². The van der Waals surface area contributed by atoms with E-state index in [4.69, 9.17) is 0 Å². The largest absolute Gasteiger partial charge is 1.00 e. The quantitative estimate of drug-likeness (QED) is 0.409. The van der Waals surface area contributed by atoms with Crippen LogP contribution in [-0.2, 0) is 4.57 Å². The van der Waals surface area contributed by atoms with Gasteiger partial charge in [-0.2, -0.15) is 0 Å². The predicted molar refractivity (Wildman–Crippen MR) is 33.6 cm³/mol. The van der Waals surface area contributed by atoms with Gasteiger partial charge in [0.15, 0.2) is 0 Å². The monoisotopic (exact) mass is 440 g/mol. The summed E-state index contributed by atoms with van der Waals surface area (Å²) in [6.07, 6.45) is 0. The average Bonchev–Trinajstić information content (AvgIpc) is 1.86. The van der Waals surface area contributed by atoms with Gasteiger partial charge in [-0.05, 0) is 13.7 Å². The number of hydrogen-bond donors (Lipinski definition) is 0. The van der Waals surface area contributed by atoms with Crippen LogP contribution in [0.1, 0.15) is 0 Å². The van der Waals surface area contributed by atoms with Crippen molar-refractivity contribution in [2.24, 2.45) is 0 Å². The first kappa shape index (κ1) is 18.8. The summed E-state index contributed by atoms with van der Waals surface area (Å²) in [6, 6.07) is 4.48. The molecule has 0 bridgehead atoms. The molecule has 3 nitrogen and oxygen atoms in total. The summed E-state index contributed by atoms with van der Waals surface area (Å²) < 4.78 is 22.8. The Morgan fingerprint density at radius 3 is 1.92 bits per heavy atom. The zero-order valence-electron chi connectivity index (χ0n) is 7.36.